The van der Waals surface area contributed by atoms with Crippen LogP contribution < -0.4 is 49.1 Å². The van der Waals surface area contributed by atoms with E-state index in [-0.39, 0.29) is 51.3 Å². The molecule has 0 spiro atoms. The van der Waals surface area contributed by atoms with Gasteiger partial charge in [-0.1, -0.05) is 50.6 Å². The summed E-state index contributed by atoms with van der Waals surface area (Å²) in [6, 6.07) is 1.93. The molecule has 2 aromatic rings. The molecule has 1 aliphatic rings. The lowest BCUT2D eigenvalue weighted by Gasteiger charge is -2.31. The number of hydrogen-bond donors (Lipinski definition) is 11. The van der Waals surface area contributed by atoms with E-state index in [0.717, 1.165) is 0 Å². The standard InChI is InChI=1S/C39H59N13O9/c1-4-22(2)32(51-33(55)23(3)47-31(54)20-45-34(56)26(48-30(53)18-40)12-8-14-44-39(41)42)36(58)49-27(17-25-19-43-21-46-25)37(59)52-15-9-13-29(52)35(57)50-28(38(60)61)16-24-10-6-5-7-11-24/h5-7,10-11,19,21-23,26-29,32H,4,8-9,12-18,20,40H2,1-3H3,(H,43,46)(H,45,56)(H,47,54)(H,48,53)(H,49,58)(H,50,57)(H,51,55)(H,60,61)(H4,41,42,44)/t22-,23-,26-,27-,28-,29-,32-/m0/s1. The SMILES string of the molecule is CC[C@H](C)[C@H](NC(=O)[C@H](C)NC(=O)CNC(=O)[C@H](CCCN=C(N)N)NC(=O)CN)C(=O)N[C@@H](Cc1cnc[nH]1)C(=O)N1CCC[C@H]1C(=O)N[C@@H](Cc1ccccc1)C(=O)O. The second-order valence-corrected chi connectivity index (χ2v) is 14.8. The average Bonchev–Trinajstić information content (AvgIpc) is 3.95. The van der Waals surface area contributed by atoms with Crippen LogP contribution in [0.25, 0.3) is 0 Å². The summed E-state index contributed by atoms with van der Waals surface area (Å²) in [6.45, 7) is 4.36. The number of H-pyrrole nitrogens is 1. The van der Waals surface area contributed by atoms with Crippen LogP contribution in [0.3, 0.4) is 0 Å². The molecular formula is C39H59N13O9. The molecule has 7 amide bonds. The summed E-state index contributed by atoms with van der Waals surface area (Å²) >= 11 is 0. The van der Waals surface area contributed by atoms with E-state index in [0.29, 0.717) is 30.5 Å². The Morgan fingerprint density at radius 3 is 2.25 bits per heavy atom. The molecule has 22 nitrogen and oxygen atoms in total. The summed E-state index contributed by atoms with van der Waals surface area (Å²) in [7, 11) is 0. The predicted octanol–water partition coefficient (Wildman–Crippen LogP) is -3.11. The summed E-state index contributed by atoms with van der Waals surface area (Å²) in [6.07, 6.45) is 4.49. The molecule has 1 saturated heterocycles. The molecule has 0 unspecified atom stereocenters. The van der Waals surface area contributed by atoms with Crippen molar-refractivity contribution in [1.82, 2.24) is 46.8 Å². The molecule has 2 heterocycles. The lowest BCUT2D eigenvalue weighted by Crippen LogP contribution is -2.60. The van der Waals surface area contributed by atoms with Crippen LogP contribution in [0.15, 0.2) is 47.8 Å². The van der Waals surface area contributed by atoms with Crippen molar-refractivity contribution in [2.24, 2.45) is 28.1 Å². The zero-order valence-electron chi connectivity index (χ0n) is 34.6. The number of rotatable bonds is 24. The molecular weight excluding hydrogens is 795 g/mol. The third-order valence-corrected chi connectivity index (χ3v) is 10.1. The molecule has 7 atom stereocenters. The van der Waals surface area contributed by atoms with E-state index in [2.05, 4.69) is 46.9 Å². The zero-order valence-corrected chi connectivity index (χ0v) is 34.6. The number of carboxylic acid groups (broad SMARTS) is 1. The van der Waals surface area contributed by atoms with E-state index in [1.165, 1.54) is 24.3 Å². The van der Waals surface area contributed by atoms with Crippen LogP contribution in [0.5, 0.6) is 0 Å². The average molecular weight is 854 g/mol. The molecule has 334 valence electrons. The van der Waals surface area contributed by atoms with Gasteiger partial charge in [-0.3, -0.25) is 38.6 Å². The Kier molecular flexibility index (Phi) is 19.6. The number of aliphatic carboxylic acids is 1. The highest BCUT2D eigenvalue weighted by Gasteiger charge is 2.40. The Balaban J connectivity index is 1.68. The number of carbonyl (C=O) groups excluding carboxylic acids is 7. The smallest absolute Gasteiger partial charge is 0.326 e. The maximum absolute atomic E-state index is 14.2. The number of aromatic nitrogens is 2. The third kappa shape index (κ3) is 15.8. The molecule has 0 bridgehead atoms. The number of hydrogen-bond acceptors (Lipinski definition) is 11. The fourth-order valence-electron chi connectivity index (χ4n) is 6.55. The molecule has 1 fully saturated rings. The van der Waals surface area contributed by atoms with Gasteiger partial charge in [0.25, 0.3) is 0 Å². The van der Waals surface area contributed by atoms with Crippen molar-refractivity contribution in [1.29, 1.82) is 0 Å². The van der Waals surface area contributed by atoms with Crippen molar-refractivity contribution in [3.8, 4) is 0 Å². The summed E-state index contributed by atoms with van der Waals surface area (Å²) in [5.41, 5.74) is 17.2. The number of nitrogens with one attached hydrogen (secondary N) is 7. The Morgan fingerprint density at radius 1 is 0.902 bits per heavy atom. The molecule has 14 N–H and O–H groups in total. The van der Waals surface area contributed by atoms with Gasteiger partial charge in [0, 0.05) is 37.8 Å². The first-order chi connectivity index (χ1) is 29.0. The number of nitrogens with zero attached hydrogens (tertiary/aromatic N) is 3. The maximum Gasteiger partial charge on any atom is 0.326 e. The van der Waals surface area contributed by atoms with Crippen LogP contribution in [0.4, 0.5) is 0 Å². The van der Waals surface area contributed by atoms with Gasteiger partial charge in [-0.2, -0.15) is 0 Å². The number of imidazole rings is 1. The minimum Gasteiger partial charge on any atom is -0.480 e. The number of carboxylic acids is 1. The first-order valence-corrected chi connectivity index (χ1v) is 20.1. The van der Waals surface area contributed by atoms with Crippen LogP contribution in [0.1, 0.15) is 64.1 Å². The van der Waals surface area contributed by atoms with Gasteiger partial charge < -0.3 is 64.1 Å². The van der Waals surface area contributed by atoms with E-state index in [1.54, 1.807) is 44.2 Å². The molecule has 1 aromatic heterocycles. The number of benzene rings is 1. The van der Waals surface area contributed by atoms with Gasteiger partial charge in [-0.05, 0) is 44.1 Å². The van der Waals surface area contributed by atoms with Gasteiger partial charge in [0.15, 0.2) is 5.96 Å². The van der Waals surface area contributed by atoms with Crippen molar-refractivity contribution in [3.63, 3.8) is 0 Å². The summed E-state index contributed by atoms with van der Waals surface area (Å²) in [5, 5.41) is 25.2. The topological polar surface area (TPSA) is 351 Å². The van der Waals surface area contributed by atoms with E-state index in [9.17, 15) is 43.5 Å². The number of nitrogens with two attached hydrogens (primary N) is 3. The molecule has 1 aromatic carbocycles. The van der Waals surface area contributed by atoms with Crippen molar-refractivity contribution >= 4 is 53.3 Å². The van der Waals surface area contributed by atoms with Gasteiger partial charge in [0.1, 0.15) is 36.3 Å². The van der Waals surface area contributed by atoms with Crippen molar-refractivity contribution in [3.05, 3.63) is 54.1 Å². The molecule has 3 rings (SSSR count). The first-order valence-electron chi connectivity index (χ1n) is 20.1. The second-order valence-electron chi connectivity index (χ2n) is 14.8. The normalized spacial score (nSPS) is 16.3. The zero-order chi connectivity index (χ0) is 45.1. The number of likely N-dealkylation sites (tertiary alicyclic amines) is 1. The van der Waals surface area contributed by atoms with Gasteiger partial charge >= 0.3 is 5.97 Å². The van der Waals surface area contributed by atoms with Gasteiger partial charge in [0.2, 0.25) is 41.4 Å². The second kappa shape index (κ2) is 24.5. The highest BCUT2D eigenvalue weighted by atomic mass is 16.4. The summed E-state index contributed by atoms with van der Waals surface area (Å²) < 4.78 is 0. The molecule has 0 radical (unpaired) electrons. The largest absolute Gasteiger partial charge is 0.480 e. The number of aliphatic imine (C=N–C) groups is 1. The highest BCUT2D eigenvalue weighted by Crippen LogP contribution is 2.21. The Hall–Kier alpha value is -6.58. The Morgan fingerprint density at radius 2 is 1.62 bits per heavy atom. The van der Waals surface area contributed by atoms with Crippen LogP contribution in [0, 0.1) is 5.92 Å². The lowest BCUT2D eigenvalue weighted by molar-refractivity contribution is -0.145. The fraction of sp³-hybridized carbons (Fsp3) is 0.538. The Bertz CT molecular complexity index is 1840. The number of carbonyl (C=O) groups is 8. The van der Waals surface area contributed by atoms with Crippen molar-refractivity contribution < 1.29 is 43.5 Å². The van der Waals surface area contributed by atoms with Crippen LogP contribution in [0.2, 0.25) is 0 Å². The van der Waals surface area contributed by atoms with E-state index in [4.69, 9.17) is 17.2 Å². The minimum absolute atomic E-state index is 0.0310. The quantitative estimate of drug-likeness (QED) is 0.0283. The molecule has 0 saturated carbocycles. The minimum atomic E-state index is -1.25. The van der Waals surface area contributed by atoms with E-state index < -0.39 is 96.0 Å². The maximum atomic E-state index is 14.2. The Labute approximate surface area is 353 Å². The van der Waals surface area contributed by atoms with E-state index >= 15 is 0 Å². The number of amides is 7. The summed E-state index contributed by atoms with van der Waals surface area (Å²) in [4.78, 5) is 117. The first kappa shape index (κ1) is 48.8. The predicted molar refractivity (Wildman–Crippen MR) is 222 cm³/mol. The fourth-order valence-corrected chi connectivity index (χ4v) is 6.55. The molecule has 61 heavy (non-hydrogen) atoms. The van der Waals surface area contributed by atoms with Crippen LogP contribution in [-0.4, -0.2) is 136 Å². The van der Waals surface area contributed by atoms with Gasteiger partial charge in [0.05, 0.1) is 19.4 Å². The molecule has 22 heteroatoms. The number of guanidine groups is 1. The summed E-state index contributed by atoms with van der Waals surface area (Å²) in [5.74, 6) is -6.50. The third-order valence-electron chi connectivity index (χ3n) is 10.1. The molecule has 1 aliphatic heterocycles. The van der Waals surface area contributed by atoms with Crippen molar-refractivity contribution in [2.45, 2.75) is 102 Å². The highest BCUT2D eigenvalue weighted by molar-refractivity contribution is 5.97. The van der Waals surface area contributed by atoms with E-state index in [1.807, 2.05) is 0 Å². The van der Waals surface area contributed by atoms with Crippen molar-refractivity contribution in [2.75, 3.05) is 26.2 Å². The molecule has 0 aliphatic carbocycles. The van der Waals surface area contributed by atoms with Gasteiger partial charge in [-0.25, -0.2) is 9.78 Å². The van der Waals surface area contributed by atoms with Gasteiger partial charge in [-0.15, -0.1) is 0 Å². The van der Waals surface area contributed by atoms with Crippen LogP contribution in [-0.2, 0) is 51.2 Å². The monoisotopic (exact) mass is 853 g/mol. The van der Waals surface area contributed by atoms with Crippen LogP contribution >= 0.6 is 0 Å². The number of aromatic amines is 1. The lowest BCUT2D eigenvalue weighted by atomic mass is 9.97.